The molecular weight excluding hydrogens is 332 g/mol. The van der Waals surface area contributed by atoms with Crippen molar-refractivity contribution in [2.45, 2.75) is 12.8 Å². The standard InChI is InChI=1S/C20H24N2O4/c23-19(17-13-16-3-1-2-4-18(16)26-20(17)24)22-7-5-15(6-8-22)14-21-9-11-25-12-10-21/h1-4,13,15H,5-12,14H2. The number of para-hydroxylation sites is 1. The number of nitrogens with zero attached hydrogens (tertiary/aromatic N) is 2. The molecule has 1 aromatic carbocycles. The van der Waals surface area contributed by atoms with Crippen molar-refractivity contribution in [3.8, 4) is 0 Å². The molecular formula is C20H24N2O4. The quantitative estimate of drug-likeness (QED) is 0.787. The highest BCUT2D eigenvalue weighted by Crippen LogP contribution is 2.21. The van der Waals surface area contributed by atoms with Crippen LogP contribution in [0.3, 0.4) is 0 Å². The molecule has 6 heteroatoms. The van der Waals surface area contributed by atoms with Gasteiger partial charge in [0.2, 0.25) is 0 Å². The fourth-order valence-corrected chi connectivity index (χ4v) is 3.85. The van der Waals surface area contributed by atoms with Crippen molar-refractivity contribution in [1.29, 1.82) is 0 Å². The van der Waals surface area contributed by atoms with Gasteiger partial charge in [0.25, 0.3) is 5.91 Å². The minimum Gasteiger partial charge on any atom is -0.422 e. The minimum absolute atomic E-state index is 0.135. The molecule has 0 bridgehead atoms. The third-order valence-corrected chi connectivity index (χ3v) is 5.39. The van der Waals surface area contributed by atoms with Crippen molar-refractivity contribution < 1.29 is 13.9 Å². The van der Waals surface area contributed by atoms with Crippen LogP contribution in [0.15, 0.2) is 39.5 Å². The monoisotopic (exact) mass is 356 g/mol. The lowest BCUT2D eigenvalue weighted by molar-refractivity contribution is 0.0242. The van der Waals surface area contributed by atoms with Crippen molar-refractivity contribution in [3.05, 3.63) is 46.3 Å². The van der Waals surface area contributed by atoms with Gasteiger partial charge in [0, 0.05) is 38.1 Å². The van der Waals surface area contributed by atoms with Crippen molar-refractivity contribution in [1.82, 2.24) is 9.80 Å². The van der Waals surface area contributed by atoms with Crippen LogP contribution in [0.25, 0.3) is 11.0 Å². The summed E-state index contributed by atoms with van der Waals surface area (Å²) >= 11 is 0. The molecule has 2 fully saturated rings. The lowest BCUT2D eigenvalue weighted by atomic mass is 9.95. The number of piperidine rings is 1. The molecule has 138 valence electrons. The summed E-state index contributed by atoms with van der Waals surface area (Å²) in [4.78, 5) is 29.2. The molecule has 26 heavy (non-hydrogen) atoms. The van der Waals surface area contributed by atoms with Crippen LogP contribution in [-0.2, 0) is 4.74 Å². The first-order chi connectivity index (χ1) is 12.7. The van der Waals surface area contributed by atoms with Crippen LogP contribution in [-0.4, -0.2) is 61.6 Å². The molecule has 2 saturated heterocycles. The second kappa shape index (κ2) is 7.60. The van der Waals surface area contributed by atoms with Gasteiger partial charge in [0.15, 0.2) is 0 Å². The second-order valence-electron chi connectivity index (χ2n) is 7.13. The summed E-state index contributed by atoms with van der Waals surface area (Å²) in [5, 5.41) is 0.776. The summed E-state index contributed by atoms with van der Waals surface area (Å²) in [6.07, 6.45) is 1.95. The Labute approximate surface area is 152 Å². The Bertz CT molecular complexity index is 833. The van der Waals surface area contributed by atoms with Gasteiger partial charge in [0.1, 0.15) is 11.1 Å². The number of morpholine rings is 1. The topological polar surface area (TPSA) is 63.0 Å². The van der Waals surface area contributed by atoms with Crippen LogP contribution in [0.4, 0.5) is 0 Å². The Morgan fingerprint density at radius 2 is 1.81 bits per heavy atom. The van der Waals surface area contributed by atoms with Crippen molar-refractivity contribution in [3.63, 3.8) is 0 Å². The number of hydrogen-bond acceptors (Lipinski definition) is 5. The van der Waals surface area contributed by atoms with E-state index in [0.29, 0.717) is 24.6 Å². The van der Waals surface area contributed by atoms with Gasteiger partial charge in [-0.05, 0) is 30.9 Å². The van der Waals surface area contributed by atoms with Gasteiger partial charge in [-0.3, -0.25) is 9.69 Å². The number of likely N-dealkylation sites (tertiary alicyclic amines) is 1. The normalized spacial score (nSPS) is 19.8. The highest BCUT2D eigenvalue weighted by molar-refractivity contribution is 5.96. The van der Waals surface area contributed by atoms with Gasteiger partial charge in [-0.2, -0.15) is 0 Å². The fraction of sp³-hybridized carbons (Fsp3) is 0.500. The van der Waals surface area contributed by atoms with Crippen LogP contribution < -0.4 is 5.63 Å². The minimum atomic E-state index is -0.552. The molecule has 2 aromatic rings. The maximum atomic E-state index is 12.8. The smallest absolute Gasteiger partial charge is 0.349 e. The van der Waals surface area contributed by atoms with Crippen LogP contribution in [0.1, 0.15) is 23.2 Å². The van der Waals surface area contributed by atoms with E-state index >= 15 is 0 Å². The number of hydrogen-bond donors (Lipinski definition) is 0. The molecule has 6 nitrogen and oxygen atoms in total. The number of rotatable bonds is 3. The molecule has 1 amide bonds. The Morgan fingerprint density at radius 3 is 2.58 bits per heavy atom. The van der Waals surface area contributed by atoms with Gasteiger partial charge >= 0.3 is 5.63 Å². The molecule has 0 radical (unpaired) electrons. The van der Waals surface area contributed by atoms with E-state index in [1.165, 1.54) is 0 Å². The molecule has 0 aliphatic carbocycles. The van der Waals surface area contributed by atoms with Gasteiger partial charge in [-0.25, -0.2) is 4.79 Å². The molecule has 0 atom stereocenters. The fourth-order valence-electron chi connectivity index (χ4n) is 3.85. The Kier molecular flexibility index (Phi) is 5.04. The maximum Gasteiger partial charge on any atom is 0.349 e. The first kappa shape index (κ1) is 17.2. The highest BCUT2D eigenvalue weighted by Gasteiger charge is 2.27. The number of ether oxygens (including phenoxy) is 1. The molecule has 4 rings (SSSR count). The molecule has 3 heterocycles. The van der Waals surface area contributed by atoms with Gasteiger partial charge in [0.05, 0.1) is 13.2 Å². The summed E-state index contributed by atoms with van der Waals surface area (Å²) in [5.74, 6) is 0.388. The average molecular weight is 356 g/mol. The summed E-state index contributed by atoms with van der Waals surface area (Å²) in [7, 11) is 0. The predicted octanol–water partition coefficient (Wildman–Crippen LogP) is 1.98. The van der Waals surface area contributed by atoms with E-state index in [2.05, 4.69) is 4.90 Å². The third kappa shape index (κ3) is 3.66. The van der Waals surface area contributed by atoms with Crippen LogP contribution in [0, 0.1) is 5.92 Å². The van der Waals surface area contributed by atoms with Crippen molar-refractivity contribution in [2.75, 3.05) is 45.9 Å². The van der Waals surface area contributed by atoms with E-state index in [0.717, 1.165) is 51.1 Å². The van der Waals surface area contributed by atoms with Crippen molar-refractivity contribution >= 4 is 16.9 Å². The number of carbonyl (C=O) groups excluding carboxylic acids is 1. The lowest BCUT2D eigenvalue weighted by Crippen LogP contribution is -2.44. The molecule has 2 aliphatic heterocycles. The number of amides is 1. The Hall–Kier alpha value is -2.18. The second-order valence-corrected chi connectivity index (χ2v) is 7.13. The molecule has 0 saturated carbocycles. The maximum absolute atomic E-state index is 12.8. The number of fused-ring (bicyclic) bond motifs is 1. The van der Waals surface area contributed by atoms with Gasteiger partial charge < -0.3 is 14.1 Å². The van der Waals surface area contributed by atoms with Gasteiger partial charge in [-0.15, -0.1) is 0 Å². The van der Waals surface area contributed by atoms with Gasteiger partial charge in [-0.1, -0.05) is 18.2 Å². The SMILES string of the molecule is O=C(c1cc2ccccc2oc1=O)N1CCC(CN2CCOCC2)CC1. The van der Waals surface area contributed by atoms with Crippen molar-refractivity contribution in [2.24, 2.45) is 5.92 Å². The van der Waals surface area contributed by atoms with Crippen LogP contribution in [0.2, 0.25) is 0 Å². The number of carbonyl (C=O) groups is 1. The summed E-state index contributed by atoms with van der Waals surface area (Å²) < 4.78 is 10.7. The Balaban J connectivity index is 1.40. The van der Waals surface area contributed by atoms with E-state index in [1.54, 1.807) is 17.0 Å². The van der Waals surface area contributed by atoms with E-state index in [9.17, 15) is 9.59 Å². The van der Waals surface area contributed by atoms with Crippen LogP contribution in [0.5, 0.6) is 0 Å². The largest absolute Gasteiger partial charge is 0.422 e. The highest BCUT2D eigenvalue weighted by atomic mass is 16.5. The average Bonchev–Trinajstić information content (AvgIpc) is 2.68. The predicted molar refractivity (Wildman–Crippen MR) is 98.4 cm³/mol. The zero-order valence-electron chi connectivity index (χ0n) is 14.9. The van der Waals surface area contributed by atoms with E-state index in [1.807, 2.05) is 18.2 Å². The zero-order chi connectivity index (χ0) is 17.9. The van der Waals surface area contributed by atoms with E-state index in [4.69, 9.17) is 9.15 Å². The zero-order valence-corrected chi connectivity index (χ0v) is 14.9. The molecule has 0 spiro atoms. The lowest BCUT2D eigenvalue weighted by Gasteiger charge is -2.36. The first-order valence-corrected chi connectivity index (χ1v) is 9.33. The third-order valence-electron chi connectivity index (χ3n) is 5.39. The molecule has 2 aliphatic rings. The number of benzene rings is 1. The summed E-state index contributed by atoms with van der Waals surface area (Å²) in [5.41, 5.74) is 0.0951. The van der Waals surface area contributed by atoms with E-state index in [-0.39, 0.29) is 11.5 Å². The first-order valence-electron chi connectivity index (χ1n) is 9.33. The molecule has 0 unspecified atom stereocenters. The Morgan fingerprint density at radius 1 is 1.08 bits per heavy atom. The summed E-state index contributed by atoms with van der Waals surface area (Å²) in [6, 6.07) is 8.93. The van der Waals surface area contributed by atoms with E-state index < -0.39 is 5.63 Å². The molecule has 1 aromatic heterocycles. The van der Waals surface area contributed by atoms with Crippen LogP contribution >= 0.6 is 0 Å². The molecule has 0 N–H and O–H groups in total. The summed E-state index contributed by atoms with van der Waals surface area (Å²) in [6.45, 7) is 6.09.